The topological polar surface area (TPSA) is 69.6 Å². The van der Waals surface area contributed by atoms with Crippen LogP contribution in [0.3, 0.4) is 0 Å². The number of phenols is 1. The molecule has 2 N–H and O–H groups in total. The number of hydrogen-bond donors (Lipinski definition) is 2. The monoisotopic (exact) mass is 426 g/mol. The van der Waals surface area contributed by atoms with Crippen LogP contribution < -0.4 is 5.32 Å². The molecule has 3 rings (SSSR count). The van der Waals surface area contributed by atoms with E-state index in [9.17, 15) is 14.7 Å². The number of phenolic OH excluding ortho intramolecular Hbond substituents is 1. The van der Waals surface area contributed by atoms with E-state index in [-0.39, 0.29) is 17.6 Å². The number of anilines is 1. The van der Waals surface area contributed by atoms with E-state index in [4.69, 9.17) is 12.2 Å². The van der Waals surface area contributed by atoms with Gasteiger partial charge in [-0.15, -0.1) is 0 Å². The SMILES string of the molecule is O=C(CCCCCN1C(=O)/C(=C\c2ccccc2)SC1=S)Nc1cccc(O)c1. The first kappa shape index (κ1) is 21.1. The molecule has 1 heterocycles. The molecule has 0 atom stereocenters. The van der Waals surface area contributed by atoms with E-state index in [1.165, 1.54) is 17.8 Å². The third-order valence-electron chi connectivity index (χ3n) is 4.39. The van der Waals surface area contributed by atoms with Crippen molar-refractivity contribution >= 4 is 51.9 Å². The molecule has 1 aliphatic heterocycles. The van der Waals surface area contributed by atoms with Crippen LogP contribution in [-0.2, 0) is 9.59 Å². The molecular weight excluding hydrogens is 404 g/mol. The first-order valence-corrected chi connectivity index (χ1v) is 10.6. The zero-order valence-electron chi connectivity index (χ0n) is 15.8. The number of nitrogens with zero attached hydrogens (tertiary/aromatic N) is 1. The smallest absolute Gasteiger partial charge is 0.266 e. The van der Waals surface area contributed by atoms with Gasteiger partial charge in [-0.1, -0.05) is 66.8 Å². The highest BCUT2D eigenvalue weighted by atomic mass is 32.2. The average Bonchev–Trinajstić information content (AvgIpc) is 2.95. The summed E-state index contributed by atoms with van der Waals surface area (Å²) in [6.45, 7) is 0.560. The highest BCUT2D eigenvalue weighted by Crippen LogP contribution is 2.32. The number of rotatable bonds is 8. The second-order valence-corrected chi connectivity index (χ2v) is 8.33. The number of thiocarbonyl (C=S) groups is 1. The summed E-state index contributed by atoms with van der Waals surface area (Å²) >= 11 is 6.69. The number of thioether (sulfide) groups is 1. The lowest BCUT2D eigenvalue weighted by molar-refractivity contribution is -0.122. The number of aromatic hydroxyl groups is 1. The van der Waals surface area contributed by atoms with Gasteiger partial charge in [0.2, 0.25) is 5.91 Å². The van der Waals surface area contributed by atoms with E-state index in [1.54, 1.807) is 23.1 Å². The van der Waals surface area contributed by atoms with E-state index >= 15 is 0 Å². The molecule has 2 amide bonds. The minimum Gasteiger partial charge on any atom is -0.508 e. The molecule has 0 radical (unpaired) electrons. The second-order valence-electron chi connectivity index (χ2n) is 6.65. The van der Waals surface area contributed by atoms with E-state index in [1.807, 2.05) is 36.4 Å². The summed E-state index contributed by atoms with van der Waals surface area (Å²) < 4.78 is 0.582. The van der Waals surface area contributed by atoms with Gasteiger partial charge in [0.15, 0.2) is 0 Å². The summed E-state index contributed by atoms with van der Waals surface area (Å²) in [5, 5.41) is 12.2. The molecule has 1 aliphatic rings. The van der Waals surface area contributed by atoms with Gasteiger partial charge in [-0.2, -0.15) is 0 Å². The van der Waals surface area contributed by atoms with Gasteiger partial charge >= 0.3 is 0 Å². The average molecular weight is 427 g/mol. The zero-order valence-corrected chi connectivity index (χ0v) is 17.5. The number of unbranched alkanes of at least 4 members (excludes halogenated alkanes) is 2. The molecule has 29 heavy (non-hydrogen) atoms. The first-order chi connectivity index (χ1) is 14.0. The molecule has 2 aromatic carbocycles. The fourth-order valence-electron chi connectivity index (χ4n) is 2.93. The van der Waals surface area contributed by atoms with Crippen LogP contribution in [0.2, 0.25) is 0 Å². The third kappa shape index (κ3) is 6.17. The highest BCUT2D eigenvalue weighted by Gasteiger charge is 2.31. The zero-order chi connectivity index (χ0) is 20.6. The molecule has 150 valence electrons. The molecule has 2 aromatic rings. The lowest BCUT2D eigenvalue weighted by Crippen LogP contribution is -2.29. The Morgan fingerprint density at radius 2 is 1.90 bits per heavy atom. The number of carbonyl (C=O) groups is 2. The summed E-state index contributed by atoms with van der Waals surface area (Å²) in [6.07, 6.45) is 4.58. The minimum atomic E-state index is -0.0907. The largest absolute Gasteiger partial charge is 0.508 e. The molecule has 1 saturated heterocycles. The van der Waals surface area contributed by atoms with Gasteiger partial charge in [0, 0.05) is 24.7 Å². The quantitative estimate of drug-likeness (QED) is 0.361. The predicted molar refractivity (Wildman–Crippen MR) is 122 cm³/mol. The van der Waals surface area contributed by atoms with Gasteiger partial charge < -0.3 is 10.4 Å². The number of benzene rings is 2. The van der Waals surface area contributed by atoms with Crippen molar-refractivity contribution in [3.63, 3.8) is 0 Å². The minimum absolute atomic E-state index is 0.0505. The molecule has 7 heteroatoms. The lowest BCUT2D eigenvalue weighted by Gasteiger charge is -2.14. The van der Waals surface area contributed by atoms with Crippen molar-refractivity contribution < 1.29 is 14.7 Å². The van der Waals surface area contributed by atoms with E-state index in [0.29, 0.717) is 27.9 Å². The van der Waals surface area contributed by atoms with Crippen molar-refractivity contribution in [2.45, 2.75) is 25.7 Å². The summed E-state index contributed by atoms with van der Waals surface area (Å²) in [6, 6.07) is 16.2. The Hall–Kier alpha value is -2.64. The summed E-state index contributed by atoms with van der Waals surface area (Å²) in [5.74, 6) is -0.0231. The Kier molecular flexibility index (Phi) is 7.43. The molecular formula is C22H22N2O3S2. The van der Waals surface area contributed by atoms with Crippen LogP contribution in [0, 0.1) is 0 Å². The van der Waals surface area contributed by atoms with Crippen LogP contribution in [0.25, 0.3) is 6.08 Å². The van der Waals surface area contributed by atoms with E-state index < -0.39 is 0 Å². The normalized spacial score (nSPS) is 15.2. The van der Waals surface area contributed by atoms with Gasteiger partial charge in [0.25, 0.3) is 5.91 Å². The fraction of sp³-hybridized carbons (Fsp3) is 0.227. The third-order valence-corrected chi connectivity index (χ3v) is 5.76. The predicted octanol–water partition coefficient (Wildman–Crippen LogP) is 4.79. The van der Waals surface area contributed by atoms with Gasteiger partial charge in [-0.3, -0.25) is 14.5 Å². The van der Waals surface area contributed by atoms with Crippen molar-refractivity contribution in [2.75, 3.05) is 11.9 Å². The molecule has 0 aliphatic carbocycles. The molecule has 0 unspecified atom stereocenters. The van der Waals surface area contributed by atoms with Crippen molar-refractivity contribution in [3.05, 3.63) is 65.1 Å². The molecule has 0 bridgehead atoms. The maximum absolute atomic E-state index is 12.6. The Balaban J connectivity index is 1.40. The molecule has 0 aromatic heterocycles. The van der Waals surface area contributed by atoms with Crippen LogP contribution in [0.4, 0.5) is 5.69 Å². The maximum Gasteiger partial charge on any atom is 0.266 e. The van der Waals surface area contributed by atoms with E-state index in [2.05, 4.69) is 5.32 Å². The second kappa shape index (κ2) is 10.2. The number of hydrogen-bond acceptors (Lipinski definition) is 5. The molecule has 1 fully saturated rings. The maximum atomic E-state index is 12.6. The van der Waals surface area contributed by atoms with Crippen molar-refractivity contribution in [2.24, 2.45) is 0 Å². The van der Waals surface area contributed by atoms with Gasteiger partial charge in [0.05, 0.1) is 4.91 Å². The van der Waals surface area contributed by atoms with Crippen molar-refractivity contribution in [1.82, 2.24) is 4.90 Å². The van der Waals surface area contributed by atoms with Gasteiger partial charge in [0.1, 0.15) is 10.1 Å². The number of carbonyl (C=O) groups excluding carboxylic acids is 2. The van der Waals surface area contributed by atoms with Gasteiger partial charge in [-0.25, -0.2) is 0 Å². The highest BCUT2D eigenvalue weighted by molar-refractivity contribution is 8.26. The van der Waals surface area contributed by atoms with Crippen LogP contribution in [0.5, 0.6) is 5.75 Å². The summed E-state index contributed by atoms with van der Waals surface area (Å²) in [7, 11) is 0. The summed E-state index contributed by atoms with van der Waals surface area (Å²) in [4.78, 5) is 26.8. The lowest BCUT2D eigenvalue weighted by atomic mass is 10.1. The number of nitrogens with one attached hydrogen (secondary N) is 1. The van der Waals surface area contributed by atoms with Crippen LogP contribution >= 0.6 is 24.0 Å². The van der Waals surface area contributed by atoms with Crippen LogP contribution in [0.1, 0.15) is 31.2 Å². The molecule has 5 nitrogen and oxygen atoms in total. The van der Waals surface area contributed by atoms with Crippen molar-refractivity contribution in [1.29, 1.82) is 0 Å². The van der Waals surface area contributed by atoms with Crippen LogP contribution in [0.15, 0.2) is 59.5 Å². The molecule has 0 saturated carbocycles. The first-order valence-electron chi connectivity index (χ1n) is 9.42. The van der Waals surface area contributed by atoms with Gasteiger partial charge in [-0.05, 0) is 36.6 Å². The molecule has 0 spiro atoms. The number of amides is 2. The Morgan fingerprint density at radius 1 is 1.10 bits per heavy atom. The fourth-order valence-corrected chi connectivity index (χ4v) is 4.24. The standard InChI is InChI=1S/C22H22N2O3S2/c25-18-11-7-10-17(15-18)23-20(26)12-5-2-6-13-24-21(27)19(29-22(24)28)14-16-8-3-1-4-9-16/h1,3-4,7-11,14-15,25H,2,5-6,12-13H2,(H,23,26)/b19-14+. The Labute approximate surface area is 179 Å². The van der Waals surface area contributed by atoms with Crippen molar-refractivity contribution in [3.8, 4) is 5.75 Å². The Morgan fingerprint density at radius 3 is 2.66 bits per heavy atom. The van der Waals surface area contributed by atoms with E-state index in [0.717, 1.165) is 24.8 Å². The Bertz CT molecular complexity index is 929. The van der Waals surface area contributed by atoms with Crippen LogP contribution in [-0.4, -0.2) is 32.7 Å². The summed E-state index contributed by atoms with van der Waals surface area (Å²) in [5.41, 5.74) is 1.56.